The molecule has 0 aromatic heterocycles. The van der Waals surface area contributed by atoms with E-state index in [9.17, 15) is 4.39 Å². The fraction of sp³-hybridized carbons (Fsp3) is 0.273. The van der Waals surface area contributed by atoms with Crippen molar-refractivity contribution in [3.05, 3.63) is 77.9 Å². The number of hydrogen-bond acceptors (Lipinski definition) is 5. The molecule has 148 valence electrons. The normalized spacial score (nSPS) is 19.3. The number of hydrogen-bond donors (Lipinski definition) is 5. The topological polar surface area (TPSA) is 97.8 Å². The minimum atomic E-state index is -0.463. The van der Waals surface area contributed by atoms with Gasteiger partial charge in [-0.2, -0.15) is 0 Å². The average molecular weight is 381 g/mol. The number of rotatable bonds is 10. The Labute approximate surface area is 165 Å². The Balaban J connectivity index is 2.39. The zero-order valence-corrected chi connectivity index (χ0v) is 16.2. The standard InChI is InChI=1S/C22H28FN5/c1-3-22(14-19(26)9-11-27-2)13-16(15-25)21(12-17(22)8-10-24)28-20-6-4-18(23)5-7-20/h3-7,9,11-12,15,25-28H,1,8,10,13-14,24H2,2H3/b11-9-,25-15?,26-19?. The van der Waals surface area contributed by atoms with Crippen LogP contribution in [0.15, 0.2) is 72.1 Å². The van der Waals surface area contributed by atoms with Gasteiger partial charge in [0, 0.05) is 42.2 Å². The van der Waals surface area contributed by atoms with Crippen LogP contribution in [0.5, 0.6) is 0 Å². The molecule has 0 amide bonds. The van der Waals surface area contributed by atoms with Gasteiger partial charge < -0.3 is 27.2 Å². The van der Waals surface area contributed by atoms with Gasteiger partial charge in [0.2, 0.25) is 0 Å². The second-order valence-electron chi connectivity index (χ2n) is 6.78. The van der Waals surface area contributed by atoms with Crippen molar-refractivity contribution >= 4 is 17.6 Å². The molecule has 1 atom stereocenters. The molecular formula is C22H28FN5. The van der Waals surface area contributed by atoms with Crippen molar-refractivity contribution in [2.24, 2.45) is 11.1 Å². The van der Waals surface area contributed by atoms with Gasteiger partial charge in [0.25, 0.3) is 0 Å². The molecule has 2 rings (SSSR count). The summed E-state index contributed by atoms with van der Waals surface area (Å²) in [7, 11) is 1.79. The van der Waals surface area contributed by atoms with E-state index in [0.717, 1.165) is 22.5 Å². The Bertz CT molecular complexity index is 820. The largest absolute Gasteiger partial charge is 0.394 e. The predicted octanol–water partition coefficient (Wildman–Crippen LogP) is 4.14. The quantitative estimate of drug-likeness (QED) is 0.311. The third-order valence-electron chi connectivity index (χ3n) is 4.87. The second-order valence-corrected chi connectivity index (χ2v) is 6.78. The van der Waals surface area contributed by atoms with Gasteiger partial charge in [-0.3, -0.25) is 0 Å². The third-order valence-corrected chi connectivity index (χ3v) is 4.87. The fourth-order valence-corrected chi connectivity index (χ4v) is 3.40. The highest BCUT2D eigenvalue weighted by Crippen LogP contribution is 2.45. The summed E-state index contributed by atoms with van der Waals surface area (Å²) in [6, 6.07) is 6.11. The van der Waals surface area contributed by atoms with Gasteiger partial charge in [-0.05, 0) is 67.6 Å². The van der Waals surface area contributed by atoms with Crippen LogP contribution in [-0.4, -0.2) is 25.5 Å². The molecule has 0 heterocycles. The molecule has 0 saturated heterocycles. The molecule has 1 aromatic carbocycles. The lowest BCUT2D eigenvalue weighted by Crippen LogP contribution is -2.30. The van der Waals surface area contributed by atoms with Crippen LogP contribution in [0.2, 0.25) is 0 Å². The van der Waals surface area contributed by atoms with Gasteiger partial charge in [-0.15, -0.1) is 6.58 Å². The lowest BCUT2D eigenvalue weighted by Gasteiger charge is -2.38. The first-order valence-corrected chi connectivity index (χ1v) is 9.20. The zero-order chi connectivity index (χ0) is 20.6. The van der Waals surface area contributed by atoms with Crippen LogP contribution in [-0.2, 0) is 0 Å². The van der Waals surface area contributed by atoms with Crippen molar-refractivity contribution in [2.45, 2.75) is 19.3 Å². The van der Waals surface area contributed by atoms with Crippen LogP contribution in [0.3, 0.4) is 0 Å². The molecule has 0 fully saturated rings. The minimum absolute atomic E-state index is 0.298. The molecule has 0 radical (unpaired) electrons. The van der Waals surface area contributed by atoms with Crippen molar-refractivity contribution in [2.75, 3.05) is 18.9 Å². The molecular weight excluding hydrogens is 353 g/mol. The number of anilines is 1. The van der Waals surface area contributed by atoms with Gasteiger partial charge in [0.1, 0.15) is 5.82 Å². The molecule has 1 aliphatic rings. The van der Waals surface area contributed by atoms with Crippen LogP contribution in [0.25, 0.3) is 0 Å². The summed E-state index contributed by atoms with van der Waals surface area (Å²) in [5.74, 6) is -0.298. The van der Waals surface area contributed by atoms with Crippen LogP contribution in [0, 0.1) is 22.1 Å². The summed E-state index contributed by atoms with van der Waals surface area (Å²) >= 11 is 0. The lowest BCUT2D eigenvalue weighted by atomic mass is 9.67. The first kappa shape index (κ1) is 21.3. The average Bonchev–Trinajstić information content (AvgIpc) is 2.70. The van der Waals surface area contributed by atoms with Crippen molar-refractivity contribution in [1.29, 1.82) is 10.8 Å². The molecule has 0 bridgehead atoms. The highest BCUT2D eigenvalue weighted by molar-refractivity contribution is 5.93. The Morgan fingerprint density at radius 1 is 1.36 bits per heavy atom. The van der Waals surface area contributed by atoms with E-state index in [4.69, 9.17) is 16.6 Å². The van der Waals surface area contributed by atoms with E-state index < -0.39 is 5.41 Å². The summed E-state index contributed by atoms with van der Waals surface area (Å²) in [5.41, 5.74) is 9.27. The molecule has 28 heavy (non-hydrogen) atoms. The molecule has 1 aromatic rings. The third kappa shape index (κ3) is 5.04. The van der Waals surface area contributed by atoms with E-state index in [-0.39, 0.29) is 5.82 Å². The number of nitrogens with two attached hydrogens (primary N) is 1. The van der Waals surface area contributed by atoms with Crippen molar-refractivity contribution < 1.29 is 4.39 Å². The van der Waals surface area contributed by atoms with Crippen molar-refractivity contribution in [3.8, 4) is 0 Å². The van der Waals surface area contributed by atoms with Crippen LogP contribution >= 0.6 is 0 Å². The van der Waals surface area contributed by atoms with Gasteiger partial charge in [0.05, 0.1) is 0 Å². The number of benzene rings is 1. The first-order valence-electron chi connectivity index (χ1n) is 9.20. The highest BCUT2D eigenvalue weighted by atomic mass is 19.1. The van der Waals surface area contributed by atoms with E-state index in [1.54, 1.807) is 31.5 Å². The van der Waals surface area contributed by atoms with Crippen LogP contribution < -0.4 is 16.4 Å². The molecule has 0 spiro atoms. The van der Waals surface area contributed by atoms with E-state index in [0.29, 0.717) is 31.5 Å². The minimum Gasteiger partial charge on any atom is -0.394 e. The van der Waals surface area contributed by atoms with Crippen LogP contribution in [0.4, 0.5) is 10.1 Å². The Hall–Kier alpha value is -2.99. The van der Waals surface area contributed by atoms with Crippen LogP contribution in [0.1, 0.15) is 19.3 Å². The summed E-state index contributed by atoms with van der Waals surface area (Å²) in [4.78, 5) is 0. The molecule has 0 saturated carbocycles. The number of nitrogens with one attached hydrogen (secondary N) is 4. The van der Waals surface area contributed by atoms with Gasteiger partial charge in [0.15, 0.2) is 0 Å². The van der Waals surface area contributed by atoms with Gasteiger partial charge in [-0.1, -0.05) is 11.6 Å². The molecule has 6 N–H and O–H groups in total. The molecule has 5 nitrogen and oxygen atoms in total. The smallest absolute Gasteiger partial charge is 0.123 e. The van der Waals surface area contributed by atoms with Gasteiger partial charge in [-0.25, -0.2) is 4.39 Å². The molecule has 6 heteroatoms. The van der Waals surface area contributed by atoms with Gasteiger partial charge >= 0.3 is 0 Å². The number of halogens is 1. The maximum absolute atomic E-state index is 13.2. The van der Waals surface area contributed by atoms with E-state index >= 15 is 0 Å². The molecule has 1 unspecified atom stereocenters. The number of allylic oxidation sites excluding steroid dienone is 4. The summed E-state index contributed by atoms with van der Waals surface area (Å²) < 4.78 is 13.2. The van der Waals surface area contributed by atoms with Crippen molar-refractivity contribution in [3.63, 3.8) is 0 Å². The van der Waals surface area contributed by atoms with Crippen molar-refractivity contribution in [1.82, 2.24) is 5.32 Å². The molecule has 1 aliphatic carbocycles. The summed E-state index contributed by atoms with van der Waals surface area (Å²) in [6.07, 6.45) is 10.3. The Morgan fingerprint density at radius 3 is 2.64 bits per heavy atom. The monoisotopic (exact) mass is 381 g/mol. The van der Waals surface area contributed by atoms with E-state index in [2.05, 4.69) is 17.2 Å². The predicted molar refractivity (Wildman–Crippen MR) is 115 cm³/mol. The Morgan fingerprint density at radius 2 is 2.07 bits per heavy atom. The molecule has 0 aliphatic heterocycles. The fourth-order valence-electron chi connectivity index (χ4n) is 3.40. The highest BCUT2D eigenvalue weighted by Gasteiger charge is 2.36. The maximum atomic E-state index is 13.2. The van der Waals surface area contributed by atoms with E-state index in [1.807, 2.05) is 12.2 Å². The second kappa shape index (κ2) is 9.80. The summed E-state index contributed by atoms with van der Waals surface area (Å²) in [6.45, 7) is 4.51. The summed E-state index contributed by atoms with van der Waals surface area (Å²) in [5, 5.41) is 22.4. The first-order chi connectivity index (χ1) is 13.5. The SMILES string of the molecule is C=CC1(CC(=N)/C=C\NC)CC(C=N)=C(Nc2ccc(F)cc2)C=C1CCN. The van der Waals surface area contributed by atoms with E-state index in [1.165, 1.54) is 18.3 Å². The lowest BCUT2D eigenvalue weighted by molar-refractivity contribution is 0.456. The zero-order valence-electron chi connectivity index (χ0n) is 16.2. The maximum Gasteiger partial charge on any atom is 0.123 e. The Kier molecular flexibility index (Phi) is 7.46.